The number of methoxy groups -OCH3 is 4. The fourth-order valence-corrected chi connectivity index (χ4v) is 11.6. The number of nitrogens with one attached hydrogen (secondary N) is 2. The first-order valence-electron chi connectivity index (χ1n) is 26.7. The quantitative estimate of drug-likeness (QED) is 0.0689. The van der Waals surface area contributed by atoms with Gasteiger partial charge in [-0.1, -0.05) is 189 Å². The number of ether oxygens (including phenoxy) is 6. The molecule has 4 aromatic heterocycles. The molecule has 2 aliphatic heterocycles. The first-order chi connectivity index (χ1) is 39.4. The number of benzene rings is 6. The van der Waals surface area contributed by atoms with E-state index in [9.17, 15) is 5.11 Å². The summed E-state index contributed by atoms with van der Waals surface area (Å²) in [6, 6.07) is 62.1. The predicted octanol–water partition coefficient (Wildman–Crippen LogP) is 9.72. The molecule has 6 aromatic carbocycles. The molecule has 0 radical (unpaired) electrons. The van der Waals surface area contributed by atoms with Crippen LogP contribution in [0.4, 0.5) is 11.6 Å². The molecule has 2 unspecified atom stereocenters. The molecule has 2 aliphatic rings. The topological polar surface area (TPSA) is 187 Å². The maximum atomic E-state index is 9.88. The molecule has 6 heterocycles. The predicted molar refractivity (Wildman–Crippen MR) is 305 cm³/mol. The molecule has 0 bridgehead atoms. The van der Waals surface area contributed by atoms with Gasteiger partial charge in [0.2, 0.25) is 0 Å². The van der Waals surface area contributed by atoms with Crippen LogP contribution in [0.25, 0.3) is 22.3 Å². The molecular formula is C63H64N10O7. The minimum absolute atomic E-state index is 0.0984. The van der Waals surface area contributed by atoms with Crippen molar-refractivity contribution in [2.75, 3.05) is 45.7 Å². The Morgan fingerprint density at radius 3 is 1.01 bits per heavy atom. The Hall–Kier alpha value is -8.26. The third-order valence-electron chi connectivity index (χ3n) is 15.4. The zero-order chi connectivity index (χ0) is 55.1. The van der Waals surface area contributed by atoms with Crippen molar-refractivity contribution in [3.05, 3.63) is 241 Å². The summed E-state index contributed by atoms with van der Waals surface area (Å²) in [6.07, 6.45) is 4.21. The normalized spacial score (nSPS) is 21.1. The van der Waals surface area contributed by atoms with Gasteiger partial charge < -0.3 is 44.2 Å². The van der Waals surface area contributed by atoms with Crippen molar-refractivity contribution in [1.82, 2.24) is 39.0 Å². The van der Waals surface area contributed by atoms with E-state index in [1.54, 1.807) is 47.4 Å². The van der Waals surface area contributed by atoms with Crippen LogP contribution in [0.1, 0.15) is 59.2 Å². The van der Waals surface area contributed by atoms with Crippen LogP contribution in [0.15, 0.2) is 207 Å². The van der Waals surface area contributed by atoms with Gasteiger partial charge in [0.1, 0.15) is 54.3 Å². The highest BCUT2D eigenvalue weighted by molar-refractivity contribution is 5.85. The number of nitrogens with zero attached hydrogens (tertiary/aromatic N) is 8. The average Bonchev–Trinajstić information content (AvgIpc) is 4.38. The van der Waals surface area contributed by atoms with Crippen LogP contribution in [-0.4, -0.2) is 116 Å². The highest BCUT2D eigenvalue weighted by atomic mass is 16.6. The first kappa shape index (κ1) is 53.7. The van der Waals surface area contributed by atoms with Crippen LogP contribution in [0.5, 0.6) is 0 Å². The summed E-state index contributed by atoms with van der Waals surface area (Å²) >= 11 is 0. The Balaban J connectivity index is 0.000000169. The minimum Gasteiger partial charge on any atom is -0.394 e. The maximum absolute atomic E-state index is 9.88. The second-order valence-corrected chi connectivity index (χ2v) is 19.6. The largest absolute Gasteiger partial charge is 0.394 e. The zero-order valence-electron chi connectivity index (χ0n) is 45.1. The minimum atomic E-state index is -0.781. The van der Waals surface area contributed by atoms with E-state index in [4.69, 9.17) is 43.4 Å². The summed E-state index contributed by atoms with van der Waals surface area (Å²) < 4.78 is 39.3. The van der Waals surface area contributed by atoms with Crippen molar-refractivity contribution in [2.45, 2.75) is 73.5 Å². The summed E-state index contributed by atoms with van der Waals surface area (Å²) in [6.45, 7) is 1.88. The van der Waals surface area contributed by atoms with E-state index in [-0.39, 0.29) is 24.9 Å². The van der Waals surface area contributed by atoms with E-state index >= 15 is 0 Å². The molecule has 0 spiro atoms. The highest BCUT2D eigenvalue weighted by Gasteiger charge is 2.48. The fourth-order valence-electron chi connectivity index (χ4n) is 11.6. The van der Waals surface area contributed by atoms with E-state index in [0.717, 1.165) is 39.8 Å². The third kappa shape index (κ3) is 9.76. The number of hydrogen-bond donors (Lipinski definition) is 3. The van der Waals surface area contributed by atoms with Gasteiger partial charge in [0, 0.05) is 28.4 Å². The van der Waals surface area contributed by atoms with Gasteiger partial charge in [-0.25, -0.2) is 29.9 Å². The summed E-state index contributed by atoms with van der Waals surface area (Å²) in [5.74, 6) is 1.18. The number of anilines is 2. The van der Waals surface area contributed by atoms with Crippen molar-refractivity contribution >= 4 is 34.0 Å². The highest BCUT2D eigenvalue weighted by Crippen LogP contribution is 2.44. The second-order valence-electron chi connectivity index (χ2n) is 19.6. The molecule has 0 saturated carbocycles. The number of aliphatic hydroxyl groups excluding tert-OH is 1. The Bertz CT molecular complexity index is 3140. The number of fused-ring (bicyclic) bond motifs is 2. The molecular weight excluding hydrogens is 1010 g/mol. The maximum Gasteiger partial charge on any atom is 0.167 e. The lowest BCUT2D eigenvalue weighted by molar-refractivity contribution is -0.0583. The molecule has 3 N–H and O–H groups in total. The van der Waals surface area contributed by atoms with Crippen molar-refractivity contribution in [1.29, 1.82) is 0 Å². The molecule has 0 aliphatic carbocycles. The van der Waals surface area contributed by atoms with E-state index in [1.807, 2.05) is 81.9 Å². The van der Waals surface area contributed by atoms with E-state index in [0.29, 0.717) is 34.0 Å². The standard InChI is InChI=1S/C32H33N5O3.C31H31N5O4/c1-4-25-27(38-2)28(39-3)31(40-25)37-21-35-26-29(33-20-34-30(26)37)36-32(22-14-8-5-9-15-22,23-16-10-6-11-17-23)24-18-12-7-13-19-24;1-38-26-24(18-37)40-30(27(26)39-2)36-20-34-25-28(32-19-33-29(25)36)35-31(21-12-6-3-7-13-21,22-14-8-4-9-15-22)23-16-10-5-11-17-23/h5-21,25,27-28,31H,4H2,1-3H3,(H,33,34,36);3-17,19-20,24,26-27,30,37H,18H2,1-2H3,(H,32,33,35)/t25-,27+,28?,31-;24-,26+,27?,30-/m11/s1. The molecule has 12 rings (SSSR count). The van der Waals surface area contributed by atoms with Gasteiger partial charge in [-0.3, -0.25) is 9.13 Å². The van der Waals surface area contributed by atoms with Gasteiger partial charge >= 0.3 is 0 Å². The monoisotopic (exact) mass is 1070 g/mol. The summed E-state index contributed by atoms with van der Waals surface area (Å²) in [7, 11) is 6.55. The summed E-state index contributed by atoms with van der Waals surface area (Å²) in [4.78, 5) is 28.1. The van der Waals surface area contributed by atoms with Crippen molar-refractivity contribution in [3.63, 3.8) is 0 Å². The number of aromatic nitrogens is 8. The molecule has 408 valence electrons. The average molecular weight is 1070 g/mol. The molecule has 2 fully saturated rings. The lowest BCUT2D eigenvalue weighted by atomic mass is 9.77. The molecule has 2 saturated heterocycles. The molecule has 80 heavy (non-hydrogen) atoms. The van der Waals surface area contributed by atoms with E-state index in [2.05, 4.69) is 142 Å². The summed E-state index contributed by atoms with van der Waals surface area (Å²) in [5.41, 5.74) is 7.28. The van der Waals surface area contributed by atoms with Gasteiger partial charge in [0.25, 0.3) is 0 Å². The number of hydrogen-bond acceptors (Lipinski definition) is 15. The first-order valence-corrected chi connectivity index (χ1v) is 26.7. The lowest BCUT2D eigenvalue weighted by Gasteiger charge is -2.37. The molecule has 10 aromatic rings. The van der Waals surface area contributed by atoms with Crippen LogP contribution in [0, 0.1) is 0 Å². The van der Waals surface area contributed by atoms with Crippen molar-refractivity contribution in [3.8, 4) is 0 Å². The SMILES string of the molecule is CC[C@H]1O[C@@H](n2cnc3c(NC(c4ccccc4)(c4ccccc4)c4ccccc4)ncnc32)C(OC)[C@H]1OC.COC1[C@@H](OC)[C@@H](CO)O[C@H]1n1cnc2c(NC(c3ccccc3)(c3ccccc3)c3ccccc3)ncnc21. The molecule has 0 amide bonds. The van der Waals surface area contributed by atoms with E-state index in [1.165, 1.54) is 6.33 Å². The van der Waals surface area contributed by atoms with Crippen LogP contribution < -0.4 is 10.6 Å². The van der Waals surface area contributed by atoms with Gasteiger partial charge in [-0.2, -0.15) is 0 Å². The van der Waals surface area contributed by atoms with Crippen LogP contribution >= 0.6 is 0 Å². The Morgan fingerprint density at radius 2 is 0.725 bits per heavy atom. The lowest BCUT2D eigenvalue weighted by Crippen LogP contribution is -2.38. The van der Waals surface area contributed by atoms with Gasteiger partial charge in [0.15, 0.2) is 46.4 Å². The number of aliphatic hydroxyl groups is 1. The molecule has 8 atom stereocenters. The smallest absolute Gasteiger partial charge is 0.167 e. The van der Waals surface area contributed by atoms with Gasteiger partial charge in [-0.15, -0.1) is 0 Å². The Labute approximate surface area is 464 Å². The van der Waals surface area contributed by atoms with Gasteiger partial charge in [0.05, 0.1) is 25.4 Å². The molecule has 17 heteroatoms. The third-order valence-corrected chi connectivity index (χ3v) is 15.4. The molecule has 17 nitrogen and oxygen atoms in total. The van der Waals surface area contributed by atoms with Crippen molar-refractivity contribution < 1.29 is 33.5 Å². The fraction of sp³-hybridized carbons (Fsp3) is 0.270. The van der Waals surface area contributed by atoms with Crippen LogP contribution in [0.2, 0.25) is 0 Å². The second kappa shape index (κ2) is 24.0. The van der Waals surface area contributed by atoms with Crippen LogP contribution in [0.3, 0.4) is 0 Å². The number of imidazole rings is 2. The van der Waals surface area contributed by atoms with Crippen molar-refractivity contribution in [2.24, 2.45) is 0 Å². The van der Waals surface area contributed by atoms with Crippen LogP contribution in [-0.2, 0) is 39.5 Å². The Kier molecular flexibility index (Phi) is 16.1. The van der Waals surface area contributed by atoms with E-state index < -0.39 is 41.8 Å². The Morgan fingerprint density at radius 1 is 0.425 bits per heavy atom. The number of rotatable bonds is 18. The van der Waals surface area contributed by atoms with Gasteiger partial charge in [-0.05, 0) is 39.8 Å². The zero-order valence-corrected chi connectivity index (χ0v) is 45.1. The summed E-state index contributed by atoms with van der Waals surface area (Å²) in [5, 5.41) is 17.5.